The molecule has 4 nitrogen and oxygen atoms in total. The van der Waals surface area contributed by atoms with Gasteiger partial charge in [0, 0.05) is 18.1 Å². The maximum Gasteiger partial charge on any atom is 0.146 e. The number of aromatic nitrogens is 1. The molecule has 4 heteroatoms. The van der Waals surface area contributed by atoms with Crippen molar-refractivity contribution in [2.45, 2.75) is 13.2 Å². The lowest BCUT2D eigenvalue weighted by Crippen LogP contribution is -1.94. The minimum atomic E-state index is 0.387. The minimum Gasteiger partial charge on any atom is -0.484 e. The molecule has 0 spiro atoms. The van der Waals surface area contributed by atoms with Gasteiger partial charge >= 0.3 is 0 Å². The van der Waals surface area contributed by atoms with Gasteiger partial charge in [0.05, 0.1) is 6.20 Å². The number of benzene rings is 1. The van der Waals surface area contributed by atoms with Crippen LogP contribution < -0.4 is 10.5 Å². The molecule has 0 aliphatic heterocycles. The quantitative estimate of drug-likeness (QED) is 0.777. The highest BCUT2D eigenvalue weighted by Gasteiger charge is 2.05. The van der Waals surface area contributed by atoms with Gasteiger partial charge in [-0.2, -0.15) is 0 Å². The second-order valence-corrected chi connectivity index (χ2v) is 4.27. The number of fused-ring (bicyclic) bond motifs is 1. The summed E-state index contributed by atoms with van der Waals surface area (Å²) < 4.78 is 11.3. The molecular formula is C15H14N2O2. The van der Waals surface area contributed by atoms with Crippen molar-refractivity contribution in [3.63, 3.8) is 0 Å². The first-order chi connectivity index (χ1) is 9.35. The zero-order valence-electron chi connectivity index (χ0n) is 10.4. The molecule has 2 N–H and O–H groups in total. The number of ether oxygens (including phenoxy) is 1. The van der Waals surface area contributed by atoms with Crippen molar-refractivity contribution in [3.8, 4) is 5.75 Å². The lowest BCUT2D eigenvalue weighted by atomic mass is 10.1. The van der Waals surface area contributed by atoms with E-state index in [1.165, 1.54) is 0 Å². The minimum absolute atomic E-state index is 0.387. The smallest absolute Gasteiger partial charge is 0.146 e. The van der Waals surface area contributed by atoms with Gasteiger partial charge in [0.2, 0.25) is 0 Å². The number of nitrogens with two attached hydrogens (primary N) is 1. The van der Waals surface area contributed by atoms with E-state index >= 15 is 0 Å². The van der Waals surface area contributed by atoms with Gasteiger partial charge in [-0.3, -0.25) is 4.98 Å². The average Bonchev–Trinajstić information content (AvgIpc) is 2.88. The summed E-state index contributed by atoms with van der Waals surface area (Å²) in [6.07, 6.45) is 3.39. The van der Waals surface area contributed by atoms with Gasteiger partial charge in [-0.15, -0.1) is 0 Å². The second-order valence-electron chi connectivity index (χ2n) is 4.27. The highest BCUT2D eigenvalue weighted by atomic mass is 16.5. The van der Waals surface area contributed by atoms with E-state index in [0.29, 0.717) is 13.2 Å². The van der Waals surface area contributed by atoms with Crippen LogP contribution in [-0.2, 0) is 13.2 Å². The first-order valence-corrected chi connectivity index (χ1v) is 6.09. The maximum atomic E-state index is 5.70. The van der Waals surface area contributed by atoms with Crippen molar-refractivity contribution >= 4 is 11.0 Å². The van der Waals surface area contributed by atoms with Crippen molar-refractivity contribution in [1.82, 2.24) is 4.98 Å². The van der Waals surface area contributed by atoms with Crippen LogP contribution in [0.4, 0.5) is 0 Å². The molecule has 96 valence electrons. The average molecular weight is 254 g/mol. The SMILES string of the molecule is NCc1ccc2oc(COc3cccnc3)cc2c1. The zero-order valence-corrected chi connectivity index (χ0v) is 10.4. The van der Waals surface area contributed by atoms with Crippen LogP contribution in [0.25, 0.3) is 11.0 Å². The van der Waals surface area contributed by atoms with Gasteiger partial charge in [-0.1, -0.05) is 6.07 Å². The van der Waals surface area contributed by atoms with Crippen LogP contribution in [0, 0.1) is 0 Å². The molecule has 0 radical (unpaired) electrons. The standard InChI is InChI=1S/C15H14N2O2/c16-8-11-3-4-15-12(6-11)7-14(19-15)10-18-13-2-1-5-17-9-13/h1-7,9H,8,10,16H2. The topological polar surface area (TPSA) is 61.3 Å². The molecule has 0 aliphatic rings. The number of hydrogen-bond acceptors (Lipinski definition) is 4. The maximum absolute atomic E-state index is 5.70. The van der Waals surface area contributed by atoms with Crippen molar-refractivity contribution < 1.29 is 9.15 Å². The molecule has 0 amide bonds. The van der Waals surface area contributed by atoms with Crippen molar-refractivity contribution in [1.29, 1.82) is 0 Å². The van der Waals surface area contributed by atoms with E-state index in [1.807, 2.05) is 36.4 Å². The van der Waals surface area contributed by atoms with Crippen LogP contribution in [0.5, 0.6) is 5.75 Å². The zero-order chi connectivity index (χ0) is 13.1. The lowest BCUT2D eigenvalue weighted by molar-refractivity contribution is 0.273. The first-order valence-electron chi connectivity index (χ1n) is 6.09. The lowest BCUT2D eigenvalue weighted by Gasteiger charge is -2.01. The van der Waals surface area contributed by atoms with Crippen LogP contribution >= 0.6 is 0 Å². The Morgan fingerprint density at radius 3 is 2.95 bits per heavy atom. The number of hydrogen-bond donors (Lipinski definition) is 1. The Morgan fingerprint density at radius 2 is 2.16 bits per heavy atom. The van der Waals surface area contributed by atoms with Crippen LogP contribution in [0.1, 0.15) is 11.3 Å². The molecule has 0 unspecified atom stereocenters. The van der Waals surface area contributed by atoms with Crippen molar-refractivity contribution in [2.24, 2.45) is 5.73 Å². The number of rotatable bonds is 4. The predicted octanol–water partition coefficient (Wildman–Crippen LogP) is 2.87. The van der Waals surface area contributed by atoms with E-state index in [0.717, 1.165) is 28.0 Å². The largest absolute Gasteiger partial charge is 0.484 e. The van der Waals surface area contributed by atoms with E-state index in [2.05, 4.69) is 4.98 Å². The highest BCUT2D eigenvalue weighted by molar-refractivity contribution is 5.78. The summed E-state index contributed by atoms with van der Waals surface area (Å²) >= 11 is 0. The van der Waals surface area contributed by atoms with E-state index < -0.39 is 0 Å². The summed E-state index contributed by atoms with van der Waals surface area (Å²) in [5.41, 5.74) is 7.56. The summed E-state index contributed by atoms with van der Waals surface area (Å²) in [5.74, 6) is 1.51. The van der Waals surface area contributed by atoms with Gasteiger partial charge in [0.15, 0.2) is 0 Å². The summed E-state index contributed by atoms with van der Waals surface area (Å²) in [6.45, 7) is 0.918. The van der Waals surface area contributed by atoms with E-state index in [1.54, 1.807) is 12.4 Å². The molecule has 0 aliphatic carbocycles. The molecule has 0 bridgehead atoms. The van der Waals surface area contributed by atoms with Gasteiger partial charge in [0.1, 0.15) is 23.7 Å². The summed E-state index contributed by atoms with van der Waals surface area (Å²) in [4.78, 5) is 3.99. The molecule has 0 saturated carbocycles. The third kappa shape index (κ3) is 2.58. The van der Waals surface area contributed by atoms with Crippen molar-refractivity contribution in [3.05, 3.63) is 60.1 Å². The van der Waals surface area contributed by atoms with E-state index in [-0.39, 0.29) is 0 Å². The van der Waals surface area contributed by atoms with Gasteiger partial charge < -0.3 is 14.9 Å². The van der Waals surface area contributed by atoms with Crippen LogP contribution in [0.15, 0.2) is 53.2 Å². The Kier molecular flexibility index (Phi) is 3.16. The molecule has 1 aromatic carbocycles. The number of furan rings is 1. The fourth-order valence-electron chi connectivity index (χ4n) is 1.93. The third-order valence-electron chi connectivity index (χ3n) is 2.88. The summed E-state index contributed by atoms with van der Waals surface area (Å²) in [6, 6.07) is 11.6. The molecule has 3 rings (SSSR count). The van der Waals surface area contributed by atoms with Crippen LogP contribution in [-0.4, -0.2) is 4.98 Å². The van der Waals surface area contributed by atoms with E-state index in [9.17, 15) is 0 Å². The third-order valence-corrected chi connectivity index (χ3v) is 2.88. The van der Waals surface area contributed by atoms with E-state index in [4.69, 9.17) is 14.9 Å². The Balaban J connectivity index is 1.78. The molecular weight excluding hydrogens is 240 g/mol. The first kappa shape index (κ1) is 11.7. The van der Waals surface area contributed by atoms with Gasteiger partial charge in [-0.25, -0.2) is 0 Å². The monoisotopic (exact) mass is 254 g/mol. The Labute approximate surface area is 110 Å². The summed E-state index contributed by atoms with van der Waals surface area (Å²) in [5, 5.41) is 1.05. The fourth-order valence-corrected chi connectivity index (χ4v) is 1.93. The Hall–Kier alpha value is -2.33. The molecule has 2 aromatic heterocycles. The highest BCUT2D eigenvalue weighted by Crippen LogP contribution is 2.22. The molecule has 0 atom stereocenters. The number of nitrogens with zero attached hydrogens (tertiary/aromatic N) is 1. The summed E-state index contributed by atoms with van der Waals surface area (Å²) in [7, 11) is 0. The predicted molar refractivity (Wildman–Crippen MR) is 72.7 cm³/mol. The Bertz CT molecular complexity index is 677. The van der Waals surface area contributed by atoms with Crippen LogP contribution in [0.2, 0.25) is 0 Å². The molecule has 2 heterocycles. The van der Waals surface area contributed by atoms with Gasteiger partial charge in [-0.05, 0) is 35.9 Å². The second kappa shape index (κ2) is 5.12. The van der Waals surface area contributed by atoms with Gasteiger partial charge in [0.25, 0.3) is 0 Å². The van der Waals surface area contributed by atoms with Crippen LogP contribution in [0.3, 0.4) is 0 Å². The molecule has 0 saturated heterocycles. The molecule has 19 heavy (non-hydrogen) atoms. The molecule has 0 fully saturated rings. The number of pyridine rings is 1. The molecule has 3 aromatic rings. The Morgan fingerprint density at radius 1 is 1.21 bits per heavy atom. The normalized spacial score (nSPS) is 10.8. The van der Waals surface area contributed by atoms with Crippen molar-refractivity contribution in [2.75, 3.05) is 0 Å². The fraction of sp³-hybridized carbons (Fsp3) is 0.133.